The molecule has 2 amide bonds. The monoisotopic (exact) mass is 300 g/mol. The number of rotatable bonds is 3. The van der Waals surface area contributed by atoms with Crippen molar-refractivity contribution in [3.63, 3.8) is 0 Å². The first-order chi connectivity index (χ1) is 9.21. The van der Waals surface area contributed by atoms with Crippen LogP contribution in [-0.2, 0) is 9.47 Å². The van der Waals surface area contributed by atoms with Crippen LogP contribution in [0.3, 0.4) is 0 Å². The SMILES string of the molecule is CCOC(=O)NN(C(=O)OCC)C(C)C#C[Si](C)(C)C. The molecule has 1 N–H and O–H groups in total. The number of ether oxygens (including phenoxy) is 2. The van der Waals surface area contributed by atoms with Crippen molar-refractivity contribution in [3.8, 4) is 11.5 Å². The lowest BCUT2D eigenvalue weighted by atomic mass is 10.3. The van der Waals surface area contributed by atoms with Crippen molar-refractivity contribution in [1.29, 1.82) is 0 Å². The van der Waals surface area contributed by atoms with E-state index in [9.17, 15) is 9.59 Å². The normalized spacial score (nSPS) is 11.7. The Bertz CT molecular complexity index is 395. The summed E-state index contributed by atoms with van der Waals surface area (Å²) in [6, 6.07) is -0.495. The first-order valence-corrected chi connectivity index (χ1v) is 10.1. The molecule has 0 aliphatic heterocycles. The number of nitrogens with zero attached hydrogens (tertiary/aromatic N) is 1. The van der Waals surface area contributed by atoms with Crippen LogP contribution in [0.15, 0.2) is 0 Å². The van der Waals surface area contributed by atoms with Gasteiger partial charge in [0.2, 0.25) is 0 Å². The zero-order valence-corrected chi connectivity index (χ0v) is 14.1. The Hall–Kier alpha value is -1.68. The molecule has 7 heteroatoms. The fourth-order valence-electron chi connectivity index (χ4n) is 1.14. The number of carbonyl (C=O) groups excluding carboxylic acids is 2. The standard InChI is InChI=1S/C13H24N2O4Si/c1-7-18-12(16)14-15(13(17)19-8-2)11(3)9-10-20(4,5)6/h11H,7-8H2,1-6H3,(H,14,16). The van der Waals surface area contributed by atoms with Gasteiger partial charge in [0.05, 0.1) is 13.2 Å². The summed E-state index contributed by atoms with van der Waals surface area (Å²) in [4.78, 5) is 23.3. The summed E-state index contributed by atoms with van der Waals surface area (Å²) >= 11 is 0. The average Bonchev–Trinajstić information content (AvgIpc) is 2.32. The smallest absolute Gasteiger partial charge is 0.429 e. The third-order valence-electron chi connectivity index (χ3n) is 2.00. The van der Waals surface area contributed by atoms with Gasteiger partial charge in [-0.05, 0) is 20.8 Å². The predicted molar refractivity (Wildman–Crippen MR) is 79.6 cm³/mol. The zero-order chi connectivity index (χ0) is 15.8. The van der Waals surface area contributed by atoms with Crippen molar-refractivity contribution in [3.05, 3.63) is 0 Å². The molecule has 114 valence electrons. The van der Waals surface area contributed by atoms with Crippen LogP contribution in [0.4, 0.5) is 9.59 Å². The second-order valence-electron chi connectivity index (χ2n) is 5.10. The molecule has 0 aliphatic carbocycles. The van der Waals surface area contributed by atoms with Crippen molar-refractivity contribution < 1.29 is 19.1 Å². The molecule has 0 saturated carbocycles. The van der Waals surface area contributed by atoms with Crippen LogP contribution in [0.2, 0.25) is 19.6 Å². The Kier molecular flexibility index (Phi) is 7.77. The van der Waals surface area contributed by atoms with E-state index in [0.29, 0.717) is 0 Å². The Labute approximate surface area is 121 Å². The van der Waals surface area contributed by atoms with Gasteiger partial charge in [0.15, 0.2) is 0 Å². The van der Waals surface area contributed by atoms with E-state index < -0.39 is 26.3 Å². The van der Waals surface area contributed by atoms with E-state index in [-0.39, 0.29) is 13.2 Å². The average molecular weight is 300 g/mol. The number of hydrogen-bond acceptors (Lipinski definition) is 4. The molecule has 1 atom stereocenters. The zero-order valence-electron chi connectivity index (χ0n) is 13.1. The van der Waals surface area contributed by atoms with Gasteiger partial charge >= 0.3 is 12.2 Å². The number of hydrazine groups is 1. The quantitative estimate of drug-likeness (QED) is 0.493. The van der Waals surface area contributed by atoms with Gasteiger partial charge < -0.3 is 9.47 Å². The van der Waals surface area contributed by atoms with Crippen LogP contribution in [-0.4, -0.2) is 44.5 Å². The van der Waals surface area contributed by atoms with E-state index in [4.69, 9.17) is 9.47 Å². The van der Waals surface area contributed by atoms with Gasteiger partial charge in [-0.2, -0.15) is 0 Å². The van der Waals surface area contributed by atoms with Gasteiger partial charge in [0, 0.05) is 0 Å². The Balaban J connectivity index is 4.95. The van der Waals surface area contributed by atoms with Crippen LogP contribution < -0.4 is 5.43 Å². The molecule has 0 aliphatic rings. The largest absolute Gasteiger partial charge is 0.449 e. The highest BCUT2D eigenvalue weighted by Crippen LogP contribution is 2.02. The van der Waals surface area contributed by atoms with Crippen LogP contribution >= 0.6 is 0 Å². The van der Waals surface area contributed by atoms with E-state index in [1.54, 1.807) is 20.8 Å². The second kappa shape index (κ2) is 8.48. The summed E-state index contributed by atoms with van der Waals surface area (Å²) in [6.45, 7) is 11.8. The lowest BCUT2D eigenvalue weighted by molar-refractivity contribution is 0.0676. The van der Waals surface area contributed by atoms with Crippen molar-refractivity contribution in [1.82, 2.24) is 10.4 Å². The Morgan fingerprint density at radius 1 is 1.20 bits per heavy atom. The van der Waals surface area contributed by atoms with Gasteiger partial charge in [-0.3, -0.25) is 0 Å². The van der Waals surface area contributed by atoms with Gasteiger partial charge in [-0.15, -0.1) is 5.54 Å². The van der Waals surface area contributed by atoms with E-state index in [1.165, 1.54) is 0 Å². The van der Waals surface area contributed by atoms with Crippen LogP contribution in [0.25, 0.3) is 0 Å². The fraction of sp³-hybridized carbons (Fsp3) is 0.692. The maximum atomic E-state index is 11.8. The van der Waals surface area contributed by atoms with Crippen LogP contribution in [0.5, 0.6) is 0 Å². The van der Waals surface area contributed by atoms with E-state index in [0.717, 1.165) is 5.01 Å². The molecule has 0 spiro atoms. The van der Waals surface area contributed by atoms with Gasteiger partial charge in [0.1, 0.15) is 14.1 Å². The second-order valence-corrected chi connectivity index (χ2v) is 9.85. The summed E-state index contributed by atoms with van der Waals surface area (Å²) in [5.41, 5.74) is 5.50. The Morgan fingerprint density at radius 2 is 1.75 bits per heavy atom. The van der Waals surface area contributed by atoms with E-state index in [2.05, 4.69) is 36.5 Å². The number of amides is 2. The Morgan fingerprint density at radius 3 is 2.20 bits per heavy atom. The third-order valence-corrected chi connectivity index (χ3v) is 2.89. The lowest BCUT2D eigenvalue weighted by Gasteiger charge is -2.25. The molecule has 0 radical (unpaired) electrons. The molecule has 1 unspecified atom stereocenters. The molecule has 0 heterocycles. The van der Waals surface area contributed by atoms with E-state index >= 15 is 0 Å². The van der Waals surface area contributed by atoms with Gasteiger partial charge in [0.25, 0.3) is 0 Å². The summed E-state index contributed by atoms with van der Waals surface area (Å²) in [5.74, 6) is 2.98. The van der Waals surface area contributed by atoms with E-state index in [1.807, 2.05) is 0 Å². The summed E-state index contributed by atoms with van der Waals surface area (Å²) in [6.07, 6.45) is -1.36. The minimum absolute atomic E-state index is 0.216. The minimum Gasteiger partial charge on any atom is -0.449 e. The molecule has 0 fully saturated rings. The molecule has 0 aromatic carbocycles. The predicted octanol–water partition coefficient (Wildman–Crippen LogP) is 2.38. The molecule has 0 aromatic rings. The molecule has 20 heavy (non-hydrogen) atoms. The number of carbonyl (C=O) groups is 2. The molecule has 0 saturated heterocycles. The molecular formula is C13H24N2O4Si. The molecule has 0 rings (SSSR count). The highest BCUT2D eigenvalue weighted by molar-refractivity contribution is 6.83. The maximum absolute atomic E-state index is 11.8. The van der Waals surface area contributed by atoms with Crippen molar-refractivity contribution in [2.45, 2.75) is 46.5 Å². The first-order valence-electron chi connectivity index (χ1n) is 6.63. The van der Waals surface area contributed by atoms with Crippen molar-refractivity contribution in [2.75, 3.05) is 13.2 Å². The minimum atomic E-state index is -1.56. The first kappa shape index (κ1) is 18.3. The topological polar surface area (TPSA) is 67.9 Å². The molecule has 0 bridgehead atoms. The third kappa shape index (κ3) is 7.69. The highest BCUT2D eigenvalue weighted by atomic mass is 28.3. The van der Waals surface area contributed by atoms with Gasteiger partial charge in [-0.25, -0.2) is 20.0 Å². The highest BCUT2D eigenvalue weighted by Gasteiger charge is 2.23. The van der Waals surface area contributed by atoms with Crippen molar-refractivity contribution in [2.24, 2.45) is 0 Å². The fourth-order valence-corrected chi connectivity index (χ4v) is 1.78. The summed E-state index contributed by atoms with van der Waals surface area (Å²) in [5, 5.41) is 1.05. The van der Waals surface area contributed by atoms with Crippen LogP contribution in [0.1, 0.15) is 20.8 Å². The summed E-state index contributed by atoms with van der Waals surface area (Å²) < 4.78 is 9.65. The maximum Gasteiger partial charge on any atom is 0.429 e. The van der Waals surface area contributed by atoms with Crippen LogP contribution in [0, 0.1) is 11.5 Å². The lowest BCUT2D eigenvalue weighted by Crippen LogP contribution is -2.51. The van der Waals surface area contributed by atoms with Gasteiger partial charge in [-0.1, -0.05) is 25.6 Å². The molecular weight excluding hydrogens is 276 g/mol. The number of hydrogen-bond donors (Lipinski definition) is 1. The molecule has 6 nitrogen and oxygen atoms in total. The summed E-state index contributed by atoms with van der Waals surface area (Å²) in [7, 11) is -1.56. The number of nitrogens with one attached hydrogen (secondary N) is 1. The molecule has 0 aromatic heterocycles. The van der Waals surface area contributed by atoms with Crippen molar-refractivity contribution >= 4 is 20.3 Å².